The van der Waals surface area contributed by atoms with Crippen LogP contribution in [0.25, 0.3) is 0 Å². The summed E-state index contributed by atoms with van der Waals surface area (Å²) in [5, 5.41) is 3.54. The lowest BCUT2D eigenvalue weighted by Crippen LogP contribution is -2.17. The normalized spacial score (nSPS) is 27.3. The standard InChI is InChI=1S/C15H18BrNO2/c16-11-7-14-13(6-10(11)12-2-1-5-17-12)18-8-15(3-4-15)9-19-14/h6-7,12,17H,1-5,8-9H2. The Labute approximate surface area is 121 Å². The molecule has 19 heavy (non-hydrogen) atoms. The first-order valence-electron chi connectivity index (χ1n) is 7.08. The van der Waals surface area contributed by atoms with Gasteiger partial charge in [0.05, 0.1) is 13.2 Å². The molecule has 1 N–H and O–H groups in total. The second kappa shape index (κ2) is 4.38. The monoisotopic (exact) mass is 323 g/mol. The van der Waals surface area contributed by atoms with E-state index in [-0.39, 0.29) is 0 Å². The van der Waals surface area contributed by atoms with E-state index in [1.54, 1.807) is 0 Å². The number of halogens is 1. The fourth-order valence-electron chi connectivity index (χ4n) is 2.96. The van der Waals surface area contributed by atoms with Gasteiger partial charge in [-0.15, -0.1) is 0 Å². The molecule has 3 nitrogen and oxygen atoms in total. The van der Waals surface area contributed by atoms with Crippen LogP contribution in [0.15, 0.2) is 16.6 Å². The van der Waals surface area contributed by atoms with Gasteiger partial charge in [0.2, 0.25) is 0 Å². The molecule has 1 aliphatic carbocycles. The molecule has 1 unspecified atom stereocenters. The highest BCUT2D eigenvalue weighted by atomic mass is 79.9. The molecule has 2 aliphatic heterocycles. The first-order chi connectivity index (χ1) is 9.26. The van der Waals surface area contributed by atoms with Crippen molar-refractivity contribution < 1.29 is 9.47 Å². The summed E-state index contributed by atoms with van der Waals surface area (Å²) < 4.78 is 13.1. The highest BCUT2D eigenvalue weighted by molar-refractivity contribution is 9.10. The molecule has 0 aromatic heterocycles. The number of fused-ring (bicyclic) bond motifs is 1. The topological polar surface area (TPSA) is 30.5 Å². The van der Waals surface area contributed by atoms with Crippen molar-refractivity contribution in [2.45, 2.75) is 31.7 Å². The van der Waals surface area contributed by atoms with Gasteiger partial charge in [0.25, 0.3) is 0 Å². The van der Waals surface area contributed by atoms with Crippen molar-refractivity contribution in [1.29, 1.82) is 0 Å². The molecular weight excluding hydrogens is 306 g/mol. The van der Waals surface area contributed by atoms with Crippen LogP contribution < -0.4 is 14.8 Å². The molecule has 1 atom stereocenters. The van der Waals surface area contributed by atoms with Crippen LogP contribution in [0.4, 0.5) is 0 Å². The summed E-state index contributed by atoms with van der Waals surface area (Å²) in [6, 6.07) is 4.68. The van der Waals surface area contributed by atoms with Gasteiger partial charge in [-0.2, -0.15) is 0 Å². The smallest absolute Gasteiger partial charge is 0.162 e. The summed E-state index contributed by atoms with van der Waals surface area (Å²) in [6.45, 7) is 2.71. The molecule has 0 bridgehead atoms. The SMILES string of the molecule is Brc1cc2c(cc1C1CCCN1)OCC1(CC1)CO2. The molecule has 2 heterocycles. The lowest BCUT2D eigenvalue weighted by atomic mass is 10.0. The fourth-order valence-corrected chi connectivity index (χ4v) is 3.56. The fraction of sp³-hybridized carbons (Fsp3) is 0.600. The second-order valence-electron chi connectivity index (χ2n) is 6.05. The van der Waals surface area contributed by atoms with E-state index in [1.807, 2.05) is 0 Å². The number of hydrogen-bond donors (Lipinski definition) is 1. The van der Waals surface area contributed by atoms with Crippen LogP contribution in [-0.2, 0) is 0 Å². The third kappa shape index (κ3) is 2.15. The van der Waals surface area contributed by atoms with Gasteiger partial charge in [0, 0.05) is 15.9 Å². The molecule has 0 radical (unpaired) electrons. The Morgan fingerprint density at radius 3 is 2.53 bits per heavy atom. The molecular formula is C15H18BrNO2. The minimum atomic E-state index is 0.303. The zero-order chi connectivity index (χ0) is 12.9. The Hall–Kier alpha value is -0.740. The molecule has 3 aliphatic rings. The van der Waals surface area contributed by atoms with Gasteiger partial charge in [-0.3, -0.25) is 0 Å². The maximum Gasteiger partial charge on any atom is 0.162 e. The Kier molecular flexibility index (Phi) is 2.78. The maximum atomic E-state index is 6.01. The summed E-state index contributed by atoms with van der Waals surface area (Å²) >= 11 is 3.68. The van der Waals surface area contributed by atoms with E-state index in [9.17, 15) is 0 Å². The number of nitrogens with one attached hydrogen (secondary N) is 1. The van der Waals surface area contributed by atoms with Gasteiger partial charge in [0.1, 0.15) is 0 Å². The molecule has 4 heteroatoms. The molecule has 1 aromatic carbocycles. The first kappa shape index (κ1) is 12.0. The number of rotatable bonds is 1. The molecule has 102 valence electrons. The Bertz CT molecular complexity index is 507. The molecule has 1 saturated carbocycles. The lowest BCUT2D eigenvalue weighted by Gasteiger charge is -2.16. The van der Waals surface area contributed by atoms with Crippen LogP contribution in [-0.4, -0.2) is 19.8 Å². The molecule has 1 spiro atoms. The van der Waals surface area contributed by atoms with Gasteiger partial charge >= 0.3 is 0 Å². The van der Waals surface area contributed by atoms with Gasteiger partial charge in [-0.05, 0) is 49.9 Å². The Morgan fingerprint density at radius 1 is 1.16 bits per heavy atom. The van der Waals surface area contributed by atoms with Gasteiger partial charge < -0.3 is 14.8 Å². The minimum Gasteiger partial charge on any atom is -0.489 e. The molecule has 2 fully saturated rings. The van der Waals surface area contributed by atoms with Crippen molar-refractivity contribution in [2.75, 3.05) is 19.8 Å². The average molecular weight is 324 g/mol. The summed E-state index contributed by atoms with van der Waals surface area (Å²) in [5.74, 6) is 1.80. The van der Waals surface area contributed by atoms with Crippen molar-refractivity contribution in [3.05, 3.63) is 22.2 Å². The maximum absolute atomic E-state index is 6.01. The number of hydrogen-bond acceptors (Lipinski definition) is 3. The second-order valence-corrected chi connectivity index (χ2v) is 6.90. The predicted molar refractivity (Wildman–Crippen MR) is 76.8 cm³/mol. The van der Waals surface area contributed by atoms with Gasteiger partial charge in [-0.25, -0.2) is 0 Å². The molecule has 1 saturated heterocycles. The van der Waals surface area contributed by atoms with Crippen molar-refractivity contribution in [3.8, 4) is 11.5 Å². The van der Waals surface area contributed by atoms with E-state index in [0.29, 0.717) is 11.5 Å². The highest BCUT2D eigenvalue weighted by Crippen LogP contribution is 2.50. The van der Waals surface area contributed by atoms with Crippen LogP contribution in [0.1, 0.15) is 37.3 Å². The van der Waals surface area contributed by atoms with Crippen molar-refractivity contribution in [3.63, 3.8) is 0 Å². The van der Waals surface area contributed by atoms with Crippen LogP contribution >= 0.6 is 15.9 Å². The molecule has 0 amide bonds. The Balaban J connectivity index is 1.67. The van der Waals surface area contributed by atoms with Crippen LogP contribution in [0.5, 0.6) is 11.5 Å². The molecule has 4 rings (SSSR count). The average Bonchev–Trinajstić information content (AvgIpc) is 3.03. The lowest BCUT2D eigenvalue weighted by molar-refractivity contribution is 0.197. The largest absolute Gasteiger partial charge is 0.489 e. The first-order valence-corrected chi connectivity index (χ1v) is 7.88. The van der Waals surface area contributed by atoms with E-state index in [2.05, 4.69) is 33.4 Å². The van der Waals surface area contributed by atoms with E-state index in [4.69, 9.17) is 9.47 Å². The summed E-state index contributed by atoms with van der Waals surface area (Å²) in [6.07, 6.45) is 4.91. The van der Waals surface area contributed by atoms with Crippen molar-refractivity contribution in [1.82, 2.24) is 5.32 Å². The van der Waals surface area contributed by atoms with Crippen LogP contribution in [0.2, 0.25) is 0 Å². The zero-order valence-electron chi connectivity index (χ0n) is 10.9. The van der Waals surface area contributed by atoms with E-state index in [1.165, 1.54) is 31.2 Å². The van der Waals surface area contributed by atoms with Crippen molar-refractivity contribution >= 4 is 15.9 Å². The minimum absolute atomic E-state index is 0.303. The summed E-state index contributed by atoms with van der Waals surface area (Å²) in [7, 11) is 0. The third-order valence-corrected chi connectivity index (χ3v) is 5.21. The van der Waals surface area contributed by atoms with E-state index < -0.39 is 0 Å². The van der Waals surface area contributed by atoms with Crippen LogP contribution in [0, 0.1) is 5.41 Å². The summed E-state index contributed by atoms with van der Waals surface area (Å²) in [5.41, 5.74) is 1.60. The van der Waals surface area contributed by atoms with Gasteiger partial charge in [0.15, 0.2) is 11.5 Å². The quantitative estimate of drug-likeness (QED) is 0.859. The van der Waals surface area contributed by atoms with Gasteiger partial charge in [-0.1, -0.05) is 15.9 Å². The molecule has 1 aromatic rings. The van der Waals surface area contributed by atoms with Crippen molar-refractivity contribution in [2.24, 2.45) is 5.41 Å². The zero-order valence-corrected chi connectivity index (χ0v) is 12.5. The third-order valence-electron chi connectivity index (χ3n) is 4.52. The predicted octanol–water partition coefficient (Wildman–Crippen LogP) is 3.43. The Morgan fingerprint density at radius 2 is 1.89 bits per heavy atom. The number of benzene rings is 1. The van der Waals surface area contributed by atoms with E-state index >= 15 is 0 Å². The highest BCUT2D eigenvalue weighted by Gasteiger charge is 2.46. The van der Waals surface area contributed by atoms with Crippen LogP contribution in [0.3, 0.4) is 0 Å². The van der Waals surface area contributed by atoms with E-state index in [0.717, 1.165) is 35.7 Å². The summed E-state index contributed by atoms with van der Waals surface area (Å²) in [4.78, 5) is 0. The number of ether oxygens (including phenoxy) is 2.